The third-order valence-corrected chi connectivity index (χ3v) is 6.13. The standard InChI is InChI=1S/C20H30N2O2/c1-22-13-11-19(12-14-22,17-7-4-3-5-8-17)15-21-18(23)20(16-24-2)9-6-10-20/h3-5,7-8H,6,9-16H2,1-2H3,(H,21,23). The number of rotatable bonds is 6. The fraction of sp³-hybridized carbons (Fsp3) is 0.650. The first-order valence-electron chi connectivity index (χ1n) is 9.12. The third-order valence-electron chi connectivity index (χ3n) is 6.13. The maximum Gasteiger partial charge on any atom is 0.228 e. The van der Waals surface area contributed by atoms with Gasteiger partial charge in [0.05, 0.1) is 12.0 Å². The van der Waals surface area contributed by atoms with Crippen LogP contribution in [0.2, 0.25) is 0 Å². The van der Waals surface area contributed by atoms with Crippen LogP contribution in [0.3, 0.4) is 0 Å². The van der Waals surface area contributed by atoms with E-state index in [4.69, 9.17) is 4.74 Å². The second-order valence-electron chi connectivity index (χ2n) is 7.70. The van der Waals surface area contributed by atoms with Crippen LogP contribution in [-0.2, 0) is 14.9 Å². The lowest BCUT2D eigenvalue weighted by molar-refractivity contribution is -0.140. The van der Waals surface area contributed by atoms with Crippen molar-refractivity contribution in [2.24, 2.45) is 5.41 Å². The van der Waals surface area contributed by atoms with E-state index in [-0.39, 0.29) is 16.7 Å². The average Bonchev–Trinajstić information content (AvgIpc) is 2.58. The van der Waals surface area contributed by atoms with Crippen LogP contribution in [0.15, 0.2) is 30.3 Å². The minimum atomic E-state index is -0.280. The van der Waals surface area contributed by atoms with Crippen LogP contribution in [-0.4, -0.2) is 51.2 Å². The van der Waals surface area contributed by atoms with E-state index in [0.717, 1.165) is 51.7 Å². The van der Waals surface area contributed by atoms with E-state index in [1.807, 2.05) is 0 Å². The molecule has 1 aliphatic carbocycles. The van der Waals surface area contributed by atoms with Gasteiger partial charge in [0.15, 0.2) is 0 Å². The second-order valence-corrected chi connectivity index (χ2v) is 7.70. The molecule has 0 aromatic heterocycles. The Hall–Kier alpha value is -1.39. The van der Waals surface area contributed by atoms with Crippen LogP contribution >= 0.6 is 0 Å². The molecule has 4 nitrogen and oxygen atoms in total. The van der Waals surface area contributed by atoms with Crippen LogP contribution in [0.1, 0.15) is 37.7 Å². The van der Waals surface area contributed by atoms with Crippen molar-refractivity contribution in [1.29, 1.82) is 0 Å². The van der Waals surface area contributed by atoms with Crippen molar-refractivity contribution < 1.29 is 9.53 Å². The second kappa shape index (κ2) is 7.24. The highest BCUT2D eigenvalue weighted by molar-refractivity contribution is 5.83. The molecule has 1 saturated heterocycles. The molecule has 0 radical (unpaired) electrons. The average molecular weight is 330 g/mol. The lowest BCUT2D eigenvalue weighted by Gasteiger charge is -2.44. The van der Waals surface area contributed by atoms with Gasteiger partial charge < -0.3 is 15.0 Å². The molecule has 1 saturated carbocycles. The Bertz CT molecular complexity index is 546. The molecular weight excluding hydrogens is 300 g/mol. The van der Waals surface area contributed by atoms with Gasteiger partial charge in [0, 0.05) is 19.1 Å². The summed E-state index contributed by atoms with van der Waals surface area (Å²) in [5.74, 6) is 0.185. The largest absolute Gasteiger partial charge is 0.384 e. The van der Waals surface area contributed by atoms with Gasteiger partial charge >= 0.3 is 0 Å². The molecule has 0 spiro atoms. The van der Waals surface area contributed by atoms with Gasteiger partial charge in [-0.25, -0.2) is 0 Å². The summed E-state index contributed by atoms with van der Waals surface area (Å²) in [5, 5.41) is 3.30. The van der Waals surface area contributed by atoms with Gasteiger partial charge in [0.1, 0.15) is 0 Å². The van der Waals surface area contributed by atoms with Gasteiger partial charge in [-0.2, -0.15) is 0 Å². The summed E-state index contributed by atoms with van der Waals surface area (Å²) in [6, 6.07) is 10.7. The van der Waals surface area contributed by atoms with Gasteiger partial charge in [0.2, 0.25) is 5.91 Å². The molecule has 2 fully saturated rings. The van der Waals surface area contributed by atoms with E-state index in [2.05, 4.69) is 47.6 Å². The van der Waals surface area contributed by atoms with Crippen molar-refractivity contribution in [2.45, 2.75) is 37.5 Å². The molecule has 0 unspecified atom stereocenters. The van der Waals surface area contributed by atoms with Crippen molar-refractivity contribution in [1.82, 2.24) is 10.2 Å². The Kier molecular flexibility index (Phi) is 5.26. The topological polar surface area (TPSA) is 41.6 Å². The van der Waals surface area contributed by atoms with Crippen molar-refractivity contribution in [3.05, 3.63) is 35.9 Å². The monoisotopic (exact) mass is 330 g/mol. The van der Waals surface area contributed by atoms with Crippen LogP contribution in [0.5, 0.6) is 0 Å². The number of hydrogen-bond acceptors (Lipinski definition) is 3. The number of hydrogen-bond donors (Lipinski definition) is 1. The SMILES string of the molecule is COCC1(C(=O)NCC2(c3ccccc3)CCN(C)CC2)CCC1. The molecule has 1 aromatic carbocycles. The Balaban J connectivity index is 1.72. The zero-order valence-corrected chi connectivity index (χ0v) is 15.0. The predicted octanol–water partition coefficient (Wildman–Crippen LogP) is 2.58. The van der Waals surface area contributed by atoms with E-state index < -0.39 is 0 Å². The van der Waals surface area contributed by atoms with Crippen molar-refractivity contribution in [2.75, 3.05) is 40.4 Å². The first kappa shape index (κ1) is 17.4. The molecular formula is C20H30N2O2. The van der Waals surface area contributed by atoms with Crippen molar-refractivity contribution in [3.63, 3.8) is 0 Å². The predicted molar refractivity (Wildman–Crippen MR) is 96.0 cm³/mol. The highest BCUT2D eigenvalue weighted by Crippen LogP contribution is 2.42. The molecule has 2 aliphatic rings. The Labute approximate surface area is 145 Å². The quantitative estimate of drug-likeness (QED) is 0.872. The minimum Gasteiger partial charge on any atom is -0.384 e. The summed E-state index contributed by atoms with van der Waals surface area (Å²) < 4.78 is 5.32. The molecule has 1 N–H and O–H groups in total. The van der Waals surface area contributed by atoms with Crippen molar-refractivity contribution >= 4 is 5.91 Å². The first-order valence-corrected chi connectivity index (χ1v) is 9.12. The third kappa shape index (κ3) is 3.35. The van der Waals surface area contributed by atoms with Crippen LogP contribution in [0.4, 0.5) is 0 Å². The van der Waals surface area contributed by atoms with Crippen LogP contribution in [0, 0.1) is 5.41 Å². The number of methoxy groups -OCH3 is 1. The van der Waals surface area contributed by atoms with Gasteiger partial charge in [-0.15, -0.1) is 0 Å². The number of nitrogens with zero attached hydrogens (tertiary/aromatic N) is 1. The lowest BCUT2D eigenvalue weighted by atomic mass is 9.68. The molecule has 1 heterocycles. The number of nitrogens with one attached hydrogen (secondary N) is 1. The number of piperidine rings is 1. The number of carbonyl (C=O) groups is 1. The van der Waals surface area contributed by atoms with E-state index in [1.54, 1.807) is 7.11 Å². The Morgan fingerprint density at radius 1 is 1.17 bits per heavy atom. The summed E-state index contributed by atoms with van der Waals surface area (Å²) in [6.07, 6.45) is 5.21. The van der Waals surface area contributed by atoms with Gasteiger partial charge in [0.25, 0.3) is 0 Å². The molecule has 0 bridgehead atoms. The van der Waals surface area contributed by atoms with Crippen molar-refractivity contribution in [3.8, 4) is 0 Å². The van der Waals surface area contributed by atoms with Gasteiger partial charge in [-0.3, -0.25) is 4.79 Å². The molecule has 1 aliphatic heterocycles. The molecule has 4 heteroatoms. The van der Waals surface area contributed by atoms with E-state index in [1.165, 1.54) is 5.56 Å². The number of likely N-dealkylation sites (tertiary alicyclic amines) is 1. The lowest BCUT2D eigenvalue weighted by Crippen LogP contribution is -2.53. The van der Waals surface area contributed by atoms with Crippen LogP contribution < -0.4 is 5.32 Å². The summed E-state index contributed by atoms with van der Waals surface area (Å²) in [5.41, 5.74) is 1.13. The molecule has 3 rings (SSSR count). The first-order chi connectivity index (χ1) is 11.6. The highest BCUT2D eigenvalue weighted by Gasteiger charge is 2.45. The van der Waals surface area contributed by atoms with Gasteiger partial charge in [-0.05, 0) is 51.4 Å². The molecule has 24 heavy (non-hydrogen) atoms. The normalized spacial score (nSPS) is 22.6. The summed E-state index contributed by atoms with van der Waals surface area (Å²) in [6.45, 7) is 3.43. The summed E-state index contributed by atoms with van der Waals surface area (Å²) >= 11 is 0. The Morgan fingerprint density at radius 2 is 1.83 bits per heavy atom. The maximum atomic E-state index is 12.8. The zero-order chi connectivity index (χ0) is 17.0. The molecule has 1 amide bonds. The fourth-order valence-corrected chi connectivity index (χ4v) is 4.16. The van der Waals surface area contributed by atoms with E-state index in [9.17, 15) is 4.79 Å². The highest BCUT2D eigenvalue weighted by atomic mass is 16.5. The number of amides is 1. The molecule has 132 valence electrons. The minimum absolute atomic E-state index is 0.0570. The fourth-order valence-electron chi connectivity index (χ4n) is 4.16. The number of carbonyl (C=O) groups excluding carboxylic acids is 1. The Morgan fingerprint density at radius 3 is 2.38 bits per heavy atom. The van der Waals surface area contributed by atoms with Gasteiger partial charge in [-0.1, -0.05) is 36.8 Å². The summed E-state index contributed by atoms with van der Waals surface area (Å²) in [4.78, 5) is 15.2. The molecule has 0 atom stereocenters. The van der Waals surface area contributed by atoms with E-state index in [0.29, 0.717) is 6.61 Å². The number of ether oxygens (including phenoxy) is 1. The summed E-state index contributed by atoms with van der Waals surface area (Å²) in [7, 11) is 3.87. The maximum absolute atomic E-state index is 12.8. The smallest absolute Gasteiger partial charge is 0.228 e. The molecule has 1 aromatic rings. The van der Waals surface area contributed by atoms with E-state index >= 15 is 0 Å². The van der Waals surface area contributed by atoms with Crippen LogP contribution in [0.25, 0.3) is 0 Å². The zero-order valence-electron chi connectivity index (χ0n) is 15.0. The number of benzene rings is 1.